The number of rotatable bonds is 9. The summed E-state index contributed by atoms with van der Waals surface area (Å²) in [4.78, 5) is 10.7. The van der Waals surface area contributed by atoms with Crippen LogP contribution in [-0.4, -0.2) is 54.9 Å². The molecule has 2 aromatic rings. The number of aromatic nitrogens is 3. The molecule has 0 fully saturated rings. The summed E-state index contributed by atoms with van der Waals surface area (Å²) in [5, 5.41) is 0.109. The predicted molar refractivity (Wildman–Crippen MR) is 95.9 cm³/mol. The minimum absolute atomic E-state index is 0.102. The fraction of sp³-hybridized carbons (Fsp3) is 0.529. The van der Waals surface area contributed by atoms with Gasteiger partial charge in [-0.15, -0.1) is 0 Å². The average molecular weight is 366 g/mol. The molecule has 8 heteroatoms. The molecule has 0 aliphatic rings. The van der Waals surface area contributed by atoms with Crippen LogP contribution in [0.4, 0.5) is 0 Å². The third kappa shape index (κ3) is 5.10. The second-order valence-electron chi connectivity index (χ2n) is 6.15. The molecule has 25 heavy (non-hydrogen) atoms. The van der Waals surface area contributed by atoms with Crippen LogP contribution in [0.5, 0.6) is 0 Å². The molecule has 0 unspecified atom stereocenters. The lowest BCUT2D eigenvalue weighted by molar-refractivity contribution is 0.187. The highest BCUT2D eigenvalue weighted by atomic mass is 32.2. The fourth-order valence-electron chi connectivity index (χ4n) is 2.66. The molecule has 0 saturated carbocycles. The molecule has 0 aromatic carbocycles. The van der Waals surface area contributed by atoms with E-state index in [1.165, 1.54) is 6.26 Å². The third-order valence-corrected chi connectivity index (χ3v) is 5.14. The van der Waals surface area contributed by atoms with E-state index in [9.17, 15) is 8.42 Å². The van der Waals surface area contributed by atoms with Gasteiger partial charge in [-0.3, -0.25) is 9.88 Å². The Morgan fingerprint density at radius 3 is 2.68 bits per heavy atom. The topological polar surface area (TPSA) is 77.3 Å². The molecule has 0 bridgehead atoms. The first kappa shape index (κ1) is 19.6. The molecule has 0 radical (unpaired) electrons. The predicted octanol–water partition coefficient (Wildman–Crippen LogP) is 1.91. The number of methoxy groups -OCH3 is 1. The van der Waals surface area contributed by atoms with Crippen LogP contribution in [0.15, 0.2) is 35.7 Å². The molecule has 0 spiro atoms. The number of hydrogen-bond donors (Lipinski definition) is 0. The van der Waals surface area contributed by atoms with Crippen LogP contribution in [0.2, 0.25) is 0 Å². The quantitative estimate of drug-likeness (QED) is 0.631. The largest absolute Gasteiger partial charge is 0.385 e. The van der Waals surface area contributed by atoms with Gasteiger partial charge in [0.2, 0.25) is 15.0 Å². The first-order chi connectivity index (χ1) is 11.8. The standard InChI is InChI=1S/C17H26N4O3S/c1-14(16-8-5-6-9-18-16)20(2)13-15-12-19-17(25(4,22)23)21(15)10-7-11-24-3/h5-6,8-9,12,14H,7,10-11,13H2,1-4H3/t14-/m1/s1. The van der Waals surface area contributed by atoms with Crippen LogP contribution in [0, 0.1) is 0 Å². The highest BCUT2D eigenvalue weighted by Crippen LogP contribution is 2.20. The third-order valence-electron chi connectivity index (χ3n) is 4.15. The first-order valence-electron chi connectivity index (χ1n) is 8.19. The number of imidazole rings is 1. The van der Waals surface area contributed by atoms with Crippen molar-refractivity contribution in [1.29, 1.82) is 0 Å². The van der Waals surface area contributed by atoms with Crippen molar-refractivity contribution in [2.24, 2.45) is 0 Å². The zero-order valence-corrected chi connectivity index (χ0v) is 16.0. The van der Waals surface area contributed by atoms with Gasteiger partial charge in [0.05, 0.1) is 17.6 Å². The molecule has 2 rings (SSSR count). The van der Waals surface area contributed by atoms with Gasteiger partial charge in [0.15, 0.2) is 0 Å². The number of ether oxygens (including phenoxy) is 1. The molecule has 1 atom stereocenters. The molecule has 0 saturated heterocycles. The molecule has 0 aliphatic heterocycles. The molecule has 0 aliphatic carbocycles. The van der Waals surface area contributed by atoms with E-state index < -0.39 is 9.84 Å². The van der Waals surface area contributed by atoms with E-state index in [1.54, 1.807) is 24.1 Å². The maximum atomic E-state index is 12.0. The Bertz CT molecular complexity index is 774. The van der Waals surface area contributed by atoms with Gasteiger partial charge in [-0.05, 0) is 32.5 Å². The minimum atomic E-state index is -3.38. The zero-order valence-electron chi connectivity index (χ0n) is 15.2. The number of pyridine rings is 1. The summed E-state index contributed by atoms with van der Waals surface area (Å²) in [5.74, 6) is 0. The van der Waals surface area contributed by atoms with Crippen molar-refractivity contribution in [3.05, 3.63) is 42.0 Å². The van der Waals surface area contributed by atoms with Gasteiger partial charge in [0.25, 0.3) is 0 Å². The maximum Gasteiger partial charge on any atom is 0.227 e. The van der Waals surface area contributed by atoms with Crippen LogP contribution in [-0.2, 0) is 27.7 Å². The highest BCUT2D eigenvalue weighted by Gasteiger charge is 2.21. The van der Waals surface area contributed by atoms with Gasteiger partial charge in [-0.25, -0.2) is 13.4 Å². The highest BCUT2D eigenvalue weighted by molar-refractivity contribution is 7.90. The lowest BCUT2D eigenvalue weighted by atomic mass is 10.2. The first-order valence-corrected chi connectivity index (χ1v) is 10.1. The van der Waals surface area contributed by atoms with Crippen molar-refractivity contribution < 1.29 is 13.2 Å². The Kier molecular flexibility index (Phi) is 6.69. The van der Waals surface area contributed by atoms with Crippen molar-refractivity contribution in [2.75, 3.05) is 27.0 Å². The summed E-state index contributed by atoms with van der Waals surface area (Å²) < 4.78 is 30.9. The van der Waals surface area contributed by atoms with E-state index in [-0.39, 0.29) is 11.2 Å². The summed E-state index contributed by atoms with van der Waals surface area (Å²) in [7, 11) is 0.248. The van der Waals surface area contributed by atoms with E-state index in [0.29, 0.717) is 19.7 Å². The molecule has 2 aromatic heterocycles. The van der Waals surface area contributed by atoms with Gasteiger partial charge < -0.3 is 9.30 Å². The Balaban J connectivity index is 2.21. The van der Waals surface area contributed by atoms with Crippen molar-refractivity contribution >= 4 is 9.84 Å². The van der Waals surface area contributed by atoms with Gasteiger partial charge in [0, 0.05) is 45.3 Å². The van der Waals surface area contributed by atoms with Crippen LogP contribution < -0.4 is 0 Å². The van der Waals surface area contributed by atoms with Gasteiger partial charge in [-0.1, -0.05) is 6.07 Å². The van der Waals surface area contributed by atoms with Gasteiger partial charge in [-0.2, -0.15) is 0 Å². The molecular formula is C17H26N4O3S. The fourth-order valence-corrected chi connectivity index (χ4v) is 3.51. The Morgan fingerprint density at radius 1 is 1.32 bits per heavy atom. The smallest absolute Gasteiger partial charge is 0.227 e. The molecule has 138 valence electrons. The number of nitrogens with zero attached hydrogens (tertiary/aromatic N) is 4. The Labute approximate surface area is 149 Å². The van der Waals surface area contributed by atoms with E-state index >= 15 is 0 Å². The second-order valence-corrected chi connectivity index (χ2v) is 8.06. The molecule has 7 nitrogen and oxygen atoms in total. The maximum absolute atomic E-state index is 12.0. The summed E-state index contributed by atoms with van der Waals surface area (Å²) in [6, 6.07) is 5.94. The van der Waals surface area contributed by atoms with Gasteiger partial charge in [0.1, 0.15) is 0 Å². The monoisotopic (exact) mass is 366 g/mol. The Hall–Kier alpha value is -1.77. The van der Waals surface area contributed by atoms with Gasteiger partial charge >= 0.3 is 0 Å². The number of sulfone groups is 1. The average Bonchev–Trinajstić information content (AvgIpc) is 2.98. The summed E-state index contributed by atoms with van der Waals surface area (Å²) in [6.45, 7) is 3.77. The summed E-state index contributed by atoms with van der Waals surface area (Å²) in [5.41, 5.74) is 1.83. The minimum Gasteiger partial charge on any atom is -0.385 e. The van der Waals surface area contributed by atoms with Crippen LogP contribution >= 0.6 is 0 Å². The van der Waals surface area contributed by atoms with E-state index in [4.69, 9.17) is 4.74 Å². The van der Waals surface area contributed by atoms with E-state index in [0.717, 1.165) is 17.8 Å². The molecule has 2 heterocycles. The summed E-state index contributed by atoms with van der Waals surface area (Å²) in [6.07, 6.45) is 5.33. The van der Waals surface area contributed by atoms with Crippen molar-refractivity contribution in [3.63, 3.8) is 0 Å². The lowest BCUT2D eigenvalue weighted by Crippen LogP contribution is -2.25. The molecule has 0 amide bonds. The van der Waals surface area contributed by atoms with Crippen molar-refractivity contribution in [2.45, 2.75) is 37.6 Å². The summed E-state index contributed by atoms with van der Waals surface area (Å²) >= 11 is 0. The van der Waals surface area contributed by atoms with E-state index in [1.807, 2.05) is 25.2 Å². The second kappa shape index (κ2) is 8.55. The van der Waals surface area contributed by atoms with Crippen LogP contribution in [0.25, 0.3) is 0 Å². The lowest BCUT2D eigenvalue weighted by Gasteiger charge is -2.24. The van der Waals surface area contributed by atoms with Crippen LogP contribution in [0.3, 0.4) is 0 Å². The molecular weight excluding hydrogens is 340 g/mol. The number of hydrogen-bond acceptors (Lipinski definition) is 6. The molecule has 0 N–H and O–H groups in total. The van der Waals surface area contributed by atoms with Crippen molar-refractivity contribution in [3.8, 4) is 0 Å². The SMILES string of the molecule is COCCCn1c(CN(C)[C@H](C)c2ccccn2)cnc1S(C)(=O)=O. The Morgan fingerprint density at radius 2 is 2.08 bits per heavy atom. The van der Waals surface area contributed by atoms with Crippen LogP contribution in [0.1, 0.15) is 30.8 Å². The zero-order chi connectivity index (χ0) is 18.4. The van der Waals surface area contributed by atoms with E-state index in [2.05, 4.69) is 21.8 Å². The normalized spacial score (nSPS) is 13.3. The van der Waals surface area contributed by atoms with Crippen molar-refractivity contribution in [1.82, 2.24) is 19.4 Å².